The normalized spacial score (nSPS) is 15.3. The maximum Gasteiger partial charge on any atom is 0.170 e. The monoisotopic (exact) mass is 420 g/mol. The van der Waals surface area contributed by atoms with Crippen LogP contribution in [-0.2, 0) is 24.4 Å². The number of nitrogens with two attached hydrogens (primary N) is 1. The van der Waals surface area contributed by atoms with Crippen molar-refractivity contribution in [2.24, 2.45) is 10.9 Å². The van der Waals surface area contributed by atoms with E-state index in [0.717, 1.165) is 29.2 Å². The van der Waals surface area contributed by atoms with Crippen LogP contribution in [0.3, 0.4) is 0 Å². The van der Waals surface area contributed by atoms with Crippen molar-refractivity contribution in [1.82, 2.24) is 9.88 Å². The Morgan fingerprint density at radius 2 is 1.83 bits per heavy atom. The average Bonchev–Trinajstić information content (AvgIpc) is 3.22. The fraction of sp³-hybridized carbons (Fsp3) is 0.333. The predicted molar refractivity (Wildman–Crippen MR) is 122 cm³/mol. The SMILES string of the molecule is N/C(=N\OCc1csc(Cc2ccccc2)n1)c1cccc(CN2CCCCC2)c1. The Kier molecular flexibility index (Phi) is 7.11. The van der Waals surface area contributed by atoms with E-state index in [-0.39, 0.29) is 0 Å². The summed E-state index contributed by atoms with van der Waals surface area (Å²) in [5.74, 6) is 0.398. The lowest BCUT2D eigenvalue weighted by atomic mass is 10.1. The molecule has 2 heterocycles. The topological polar surface area (TPSA) is 63.7 Å². The van der Waals surface area contributed by atoms with E-state index in [0.29, 0.717) is 12.4 Å². The van der Waals surface area contributed by atoms with Gasteiger partial charge in [0, 0.05) is 23.9 Å². The standard InChI is InChI=1S/C24H28N4OS/c25-24(21-11-7-10-20(14-21)16-28-12-5-2-6-13-28)27-29-17-22-18-30-23(26-22)15-19-8-3-1-4-9-19/h1,3-4,7-11,14,18H,2,5-6,12-13,15-17H2,(H2,25,27). The van der Waals surface area contributed by atoms with Gasteiger partial charge >= 0.3 is 0 Å². The number of rotatable bonds is 8. The highest BCUT2D eigenvalue weighted by atomic mass is 32.1. The van der Waals surface area contributed by atoms with Gasteiger partial charge in [-0.2, -0.15) is 0 Å². The summed E-state index contributed by atoms with van der Waals surface area (Å²) in [4.78, 5) is 12.6. The lowest BCUT2D eigenvalue weighted by Gasteiger charge is -2.26. The van der Waals surface area contributed by atoms with E-state index in [1.165, 1.54) is 43.5 Å². The van der Waals surface area contributed by atoms with Crippen LogP contribution < -0.4 is 5.73 Å². The van der Waals surface area contributed by atoms with Crippen LogP contribution in [0.25, 0.3) is 0 Å². The molecule has 6 heteroatoms. The van der Waals surface area contributed by atoms with Crippen LogP contribution >= 0.6 is 11.3 Å². The molecular weight excluding hydrogens is 392 g/mol. The third-order valence-electron chi connectivity index (χ3n) is 5.25. The number of benzene rings is 2. The van der Waals surface area contributed by atoms with Crippen LogP contribution in [0.4, 0.5) is 0 Å². The minimum atomic E-state index is 0.319. The Morgan fingerprint density at radius 3 is 2.67 bits per heavy atom. The molecule has 156 valence electrons. The van der Waals surface area contributed by atoms with Crippen molar-refractivity contribution in [2.45, 2.75) is 38.8 Å². The number of likely N-dealkylation sites (tertiary alicyclic amines) is 1. The highest BCUT2D eigenvalue weighted by molar-refractivity contribution is 7.09. The third-order valence-corrected chi connectivity index (χ3v) is 6.15. The fourth-order valence-corrected chi connectivity index (χ4v) is 4.51. The first-order valence-electron chi connectivity index (χ1n) is 10.5. The van der Waals surface area contributed by atoms with E-state index in [9.17, 15) is 0 Å². The number of thiazole rings is 1. The van der Waals surface area contributed by atoms with Gasteiger partial charge in [-0.3, -0.25) is 4.90 Å². The Hall–Kier alpha value is -2.70. The first-order chi connectivity index (χ1) is 14.8. The van der Waals surface area contributed by atoms with Gasteiger partial charge in [0.1, 0.15) is 0 Å². The van der Waals surface area contributed by atoms with Crippen LogP contribution in [-0.4, -0.2) is 28.8 Å². The van der Waals surface area contributed by atoms with Gasteiger partial charge in [-0.05, 0) is 43.1 Å². The van der Waals surface area contributed by atoms with Gasteiger partial charge in [0.25, 0.3) is 0 Å². The second-order valence-corrected chi connectivity index (χ2v) is 8.62. The summed E-state index contributed by atoms with van der Waals surface area (Å²) in [7, 11) is 0. The Bertz CT molecular complexity index is 964. The van der Waals surface area contributed by atoms with Crippen LogP contribution in [0.5, 0.6) is 0 Å². The van der Waals surface area contributed by atoms with Crippen LogP contribution in [0.1, 0.15) is 46.7 Å². The van der Waals surface area contributed by atoms with Crippen molar-refractivity contribution in [2.75, 3.05) is 13.1 Å². The molecule has 2 N–H and O–H groups in total. The molecule has 5 nitrogen and oxygen atoms in total. The Labute approximate surface area is 182 Å². The lowest BCUT2D eigenvalue weighted by Crippen LogP contribution is -2.29. The van der Waals surface area contributed by atoms with Gasteiger partial charge in [-0.25, -0.2) is 4.98 Å². The number of amidine groups is 1. The highest BCUT2D eigenvalue weighted by Crippen LogP contribution is 2.16. The molecule has 0 bridgehead atoms. The van der Waals surface area contributed by atoms with Gasteiger partial charge in [0.15, 0.2) is 12.4 Å². The van der Waals surface area contributed by atoms with E-state index < -0.39 is 0 Å². The summed E-state index contributed by atoms with van der Waals surface area (Å²) in [6, 6.07) is 18.6. The highest BCUT2D eigenvalue weighted by Gasteiger charge is 2.11. The van der Waals surface area contributed by atoms with Crippen molar-refractivity contribution < 1.29 is 4.84 Å². The van der Waals surface area contributed by atoms with Gasteiger partial charge in [0.2, 0.25) is 0 Å². The molecule has 2 aromatic carbocycles. The zero-order valence-electron chi connectivity index (χ0n) is 17.2. The average molecular weight is 421 g/mol. The molecule has 1 fully saturated rings. The quantitative estimate of drug-likeness (QED) is 0.330. The van der Waals surface area contributed by atoms with E-state index >= 15 is 0 Å². The number of hydrogen-bond acceptors (Lipinski definition) is 5. The van der Waals surface area contributed by atoms with Crippen LogP contribution in [0.2, 0.25) is 0 Å². The maximum atomic E-state index is 6.16. The van der Waals surface area contributed by atoms with Gasteiger partial charge in [-0.15, -0.1) is 11.3 Å². The molecule has 0 spiro atoms. The minimum Gasteiger partial charge on any atom is -0.388 e. The largest absolute Gasteiger partial charge is 0.388 e. The molecule has 0 amide bonds. The van der Waals surface area contributed by atoms with Crippen molar-refractivity contribution in [3.05, 3.63) is 87.4 Å². The van der Waals surface area contributed by atoms with Crippen molar-refractivity contribution in [1.29, 1.82) is 0 Å². The smallest absolute Gasteiger partial charge is 0.170 e. The number of piperidine rings is 1. The molecule has 30 heavy (non-hydrogen) atoms. The van der Waals surface area contributed by atoms with Crippen molar-refractivity contribution in [3.63, 3.8) is 0 Å². The summed E-state index contributed by atoms with van der Waals surface area (Å²) in [5, 5.41) is 7.20. The second-order valence-electron chi connectivity index (χ2n) is 7.68. The lowest BCUT2D eigenvalue weighted by molar-refractivity contribution is 0.128. The molecule has 3 aromatic rings. The van der Waals surface area contributed by atoms with Gasteiger partial charge in [0.05, 0.1) is 10.7 Å². The van der Waals surface area contributed by atoms with Crippen LogP contribution in [0, 0.1) is 0 Å². The van der Waals surface area contributed by atoms with Gasteiger partial charge in [-0.1, -0.05) is 60.1 Å². The summed E-state index contributed by atoms with van der Waals surface area (Å²) < 4.78 is 0. The zero-order chi connectivity index (χ0) is 20.6. The predicted octanol–water partition coefficient (Wildman–Crippen LogP) is 4.56. The molecule has 4 rings (SSSR count). The molecule has 0 saturated carbocycles. The first-order valence-corrected chi connectivity index (χ1v) is 11.4. The molecular formula is C24H28N4OS. The first kappa shape index (κ1) is 20.6. The molecule has 0 atom stereocenters. The number of aromatic nitrogens is 1. The number of nitrogens with zero attached hydrogens (tertiary/aromatic N) is 3. The molecule has 1 aromatic heterocycles. The summed E-state index contributed by atoms with van der Waals surface area (Å²) >= 11 is 1.64. The van der Waals surface area contributed by atoms with Crippen molar-refractivity contribution >= 4 is 17.2 Å². The molecule has 1 saturated heterocycles. The van der Waals surface area contributed by atoms with E-state index in [1.807, 2.05) is 35.7 Å². The zero-order valence-corrected chi connectivity index (χ0v) is 18.0. The number of oxime groups is 1. The van der Waals surface area contributed by atoms with Gasteiger partial charge < -0.3 is 10.6 Å². The summed E-state index contributed by atoms with van der Waals surface area (Å²) in [5.41, 5.74) is 10.5. The molecule has 1 aliphatic rings. The Morgan fingerprint density at radius 1 is 1.03 bits per heavy atom. The molecule has 0 aliphatic carbocycles. The third kappa shape index (κ3) is 5.90. The van der Waals surface area contributed by atoms with E-state index in [2.05, 4.69) is 39.3 Å². The van der Waals surface area contributed by atoms with Crippen molar-refractivity contribution in [3.8, 4) is 0 Å². The minimum absolute atomic E-state index is 0.319. The summed E-state index contributed by atoms with van der Waals surface area (Å²) in [6.45, 7) is 3.64. The Balaban J connectivity index is 1.30. The van der Waals surface area contributed by atoms with E-state index in [4.69, 9.17) is 10.6 Å². The fourth-order valence-electron chi connectivity index (χ4n) is 3.69. The summed E-state index contributed by atoms with van der Waals surface area (Å²) in [6.07, 6.45) is 4.77. The van der Waals surface area contributed by atoms with E-state index in [1.54, 1.807) is 11.3 Å². The molecule has 0 unspecified atom stereocenters. The van der Waals surface area contributed by atoms with Crippen LogP contribution in [0.15, 0.2) is 65.1 Å². The molecule has 1 aliphatic heterocycles. The molecule has 0 radical (unpaired) electrons. The second kappa shape index (κ2) is 10.4. The maximum absolute atomic E-state index is 6.16. The number of hydrogen-bond donors (Lipinski definition) is 1.